The highest BCUT2D eigenvalue weighted by Crippen LogP contribution is 2.24. The molecular formula is C17H11ClFN3O. The van der Waals surface area contributed by atoms with Gasteiger partial charge in [0.2, 0.25) is 0 Å². The average molecular weight is 328 g/mol. The Morgan fingerprint density at radius 1 is 1.04 bits per heavy atom. The van der Waals surface area contributed by atoms with Gasteiger partial charge < -0.3 is 5.32 Å². The Kier molecular flexibility index (Phi) is 4.30. The number of carbonyl (C=O) groups excluding carboxylic acids is 1. The lowest BCUT2D eigenvalue weighted by atomic mass is 10.1. The van der Waals surface area contributed by atoms with E-state index in [0.29, 0.717) is 22.0 Å². The molecule has 0 saturated heterocycles. The van der Waals surface area contributed by atoms with Crippen LogP contribution in [0.25, 0.3) is 11.3 Å². The third kappa shape index (κ3) is 3.52. The molecule has 1 N–H and O–H groups in total. The predicted octanol–water partition coefficient (Wildman–Crippen LogP) is 4.19. The number of hydrogen-bond donors (Lipinski definition) is 1. The summed E-state index contributed by atoms with van der Waals surface area (Å²) in [4.78, 5) is 20.4. The zero-order chi connectivity index (χ0) is 16.2. The van der Waals surface area contributed by atoms with Crippen LogP contribution in [0.4, 0.5) is 10.1 Å². The second-order valence-corrected chi connectivity index (χ2v) is 5.13. The molecule has 0 aliphatic carbocycles. The quantitative estimate of drug-likeness (QED) is 0.784. The fraction of sp³-hybridized carbons (Fsp3) is 0. The third-order valence-corrected chi connectivity index (χ3v) is 3.44. The number of aromatic nitrogens is 2. The van der Waals surface area contributed by atoms with Crippen LogP contribution in [0.15, 0.2) is 60.9 Å². The lowest BCUT2D eigenvalue weighted by molar-refractivity contribution is 0.102. The molecule has 0 bridgehead atoms. The molecule has 0 aliphatic rings. The van der Waals surface area contributed by atoms with E-state index in [1.165, 1.54) is 30.5 Å². The summed E-state index contributed by atoms with van der Waals surface area (Å²) in [5.74, 6) is -0.743. The van der Waals surface area contributed by atoms with Gasteiger partial charge in [-0.2, -0.15) is 0 Å². The SMILES string of the molecule is O=C(Nc1ccc(F)cc1)c1ccc(-c2ncccc2Cl)cn1. The van der Waals surface area contributed by atoms with Crippen molar-refractivity contribution >= 4 is 23.2 Å². The van der Waals surface area contributed by atoms with Gasteiger partial charge in [-0.3, -0.25) is 14.8 Å². The number of pyridine rings is 2. The highest BCUT2D eigenvalue weighted by atomic mass is 35.5. The van der Waals surface area contributed by atoms with E-state index in [2.05, 4.69) is 15.3 Å². The van der Waals surface area contributed by atoms with Crippen LogP contribution in [0, 0.1) is 5.82 Å². The van der Waals surface area contributed by atoms with Crippen molar-refractivity contribution in [2.24, 2.45) is 0 Å². The summed E-state index contributed by atoms with van der Waals surface area (Å²) in [5.41, 5.74) is 2.06. The molecule has 4 nitrogen and oxygen atoms in total. The predicted molar refractivity (Wildman–Crippen MR) is 86.8 cm³/mol. The van der Waals surface area contributed by atoms with E-state index in [1.807, 2.05) is 0 Å². The van der Waals surface area contributed by atoms with Gasteiger partial charge in [-0.1, -0.05) is 11.6 Å². The maximum Gasteiger partial charge on any atom is 0.274 e. The minimum absolute atomic E-state index is 0.241. The van der Waals surface area contributed by atoms with Crippen molar-refractivity contribution in [1.29, 1.82) is 0 Å². The molecule has 0 aliphatic heterocycles. The smallest absolute Gasteiger partial charge is 0.274 e. The second kappa shape index (κ2) is 6.54. The Morgan fingerprint density at radius 3 is 2.48 bits per heavy atom. The Balaban J connectivity index is 1.78. The van der Waals surface area contributed by atoms with Crippen LogP contribution in [0.1, 0.15) is 10.5 Å². The van der Waals surface area contributed by atoms with Gasteiger partial charge in [0.25, 0.3) is 5.91 Å². The molecule has 2 aromatic heterocycles. The standard InChI is InChI=1S/C17H11ClFN3O/c18-14-2-1-9-20-16(14)11-3-8-15(21-10-11)17(23)22-13-6-4-12(19)5-7-13/h1-10H,(H,22,23). The fourth-order valence-corrected chi connectivity index (χ4v) is 2.23. The molecule has 0 fully saturated rings. The van der Waals surface area contributed by atoms with Gasteiger partial charge in [0, 0.05) is 23.6 Å². The van der Waals surface area contributed by atoms with E-state index in [9.17, 15) is 9.18 Å². The molecule has 2 heterocycles. The summed E-state index contributed by atoms with van der Waals surface area (Å²) in [6, 6.07) is 12.3. The lowest BCUT2D eigenvalue weighted by Crippen LogP contribution is -2.13. The minimum Gasteiger partial charge on any atom is -0.321 e. The van der Waals surface area contributed by atoms with E-state index < -0.39 is 0 Å². The van der Waals surface area contributed by atoms with Gasteiger partial charge >= 0.3 is 0 Å². The van der Waals surface area contributed by atoms with Gasteiger partial charge in [-0.15, -0.1) is 0 Å². The number of rotatable bonds is 3. The van der Waals surface area contributed by atoms with Crippen LogP contribution in [-0.2, 0) is 0 Å². The Bertz CT molecular complexity index is 835. The summed E-state index contributed by atoms with van der Waals surface area (Å²) >= 11 is 6.08. The largest absolute Gasteiger partial charge is 0.321 e. The molecule has 3 rings (SSSR count). The zero-order valence-electron chi connectivity index (χ0n) is 11.8. The Labute approximate surface area is 137 Å². The van der Waals surface area contributed by atoms with Crippen LogP contribution in [0.5, 0.6) is 0 Å². The van der Waals surface area contributed by atoms with Crippen molar-refractivity contribution in [2.45, 2.75) is 0 Å². The highest BCUT2D eigenvalue weighted by molar-refractivity contribution is 6.33. The van der Waals surface area contributed by atoms with Crippen molar-refractivity contribution in [1.82, 2.24) is 9.97 Å². The number of hydrogen-bond acceptors (Lipinski definition) is 3. The first-order chi connectivity index (χ1) is 11.1. The number of nitrogens with one attached hydrogen (secondary N) is 1. The van der Waals surface area contributed by atoms with Crippen molar-refractivity contribution < 1.29 is 9.18 Å². The van der Waals surface area contributed by atoms with Crippen molar-refractivity contribution in [3.8, 4) is 11.3 Å². The molecule has 0 unspecified atom stereocenters. The number of carbonyl (C=O) groups is 1. The average Bonchev–Trinajstić information content (AvgIpc) is 2.57. The summed E-state index contributed by atoms with van der Waals surface area (Å²) in [6.45, 7) is 0. The van der Waals surface area contributed by atoms with Crippen molar-refractivity contribution in [2.75, 3.05) is 5.32 Å². The first kappa shape index (κ1) is 15.1. The van der Waals surface area contributed by atoms with Crippen LogP contribution in [-0.4, -0.2) is 15.9 Å². The van der Waals surface area contributed by atoms with Crippen LogP contribution in [0.2, 0.25) is 5.02 Å². The minimum atomic E-state index is -0.379. The van der Waals surface area contributed by atoms with Crippen molar-refractivity contribution in [3.63, 3.8) is 0 Å². The maximum atomic E-state index is 12.8. The van der Waals surface area contributed by atoms with Crippen molar-refractivity contribution in [3.05, 3.63) is 77.5 Å². The van der Waals surface area contributed by atoms with E-state index in [-0.39, 0.29) is 17.4 Å². The molecule has 1 amide bonds. The summed E-state index contributed by atoms with van der Waals surface area (Å²) in [7, 11) is 0. The van der Waals surface area contributed by atoms with Crippen LogP contribution in [0.3, 0.4) is 0 Å². The summed E-state index contributed by atoms with van der Waals surface area (Å²) in [6.07, 6.45) is 3.17. The summed E-state index contributed by atoms with van der Waals surface area (Å²) < 4.78 is 12.8. The summed E-state index contributed by atoms with van der Waals surface area (Å²) in [5, 5.41) is 3.16. The molecule has 3 aromatic rings. The second-order valence-electron chi connectivity index (χ2n) is 4.73. The molecule has 0 saturated carbocycles. The molecule has 1 aromatic carbocycles. The Morgan fingerprint density at radius 2 is 1.83 bits per heavy atom. The normalized spacial score (nSPS) is 10.3. The van der Waals surface area contributed by atoms with E-state index >= 15 is 0 Å². The first-order valence-corrected chi connectivity index (χ1v) is 7.15. The third-order valence-electron chi connectivity index (χ3n) is 3.13. The van der Waals surface area contributed by atoms with E-state index in [0.717, 1.165) is 0 Å². The molecule has 23 heavy (non-hydrogen) atoms. The number of amides is 1. The van der Waals surface area contributed by atoms with Gasteiger partial charge in [-0.05, 0) is 48.5 Å². The number of benzene rings is 1. The maximum absolute atomic E-state index is 12.8. The molecule has 0 atom stereocenters. The van der Waals surface area contributed by atoms with E-state index in [1.54, 1.807) is 30.5 Å². The number of anilines is 1. The molecule has 6 heteroatoms. The molecular weight excluding hydrogens is 317 g/mol. The first-order valence-electron chi connectivity index (χ1n) is 6.77. The molecule has 0 spiro atoms. The number of halogens is 2. The Hall–Kier alpha value is -2.79. The van der Waals surface area contributed by atoms with Gasteiger partial charge in [-0.25, -0.2) is 4.39 Å². The topological polar surface area (TPSA) is 54.9 Å². The molecule has 114 valence electrons. The monoisotopic (exact) mass is 327 g/mol. The van der Waals surface area contributed by atoms with Gasteiger partial charge in [0.1, 0.15) is 11.5 Å². The van der Waals surface area contributed by atoms with Crippen LogP contribution >= 0.6 is 11.6 Å². The fourth-order valence-electron chi connectivity index (χ4n) is 1.99. The zero-order valence-corrected chi connectivity index (χ0v) is 12.6. The van der Waals surface area contributed by atoms with Gasteiger partial charge in [0.15, 0.2) is 0 Å². The van der Waals surface area contributed by atoms with Crippen LogP contribution < -0.4 is 5.32 Å². The van der Waals surface area contributed by atoms with Gasteiger partial charge in [0.05, 0.1) is 10.7 Å². The number of nitrogens with zero attached hydrogens (tertiary/aromatic N) is 2. The highest BCUT2D eigenvalue weighted by Gasteiger charge is 2.10. The lowest BCUT2D eigenvalue weighted by Gasteiger charge is -2.06. The van der Waals surface area contributed by atoms with E-state index in [4.69, 9.17) is 11.6 Å². The molecule has 0 radical (unpaired) electrons.